The first-order valence-electron chi connectivity index (χ1n) is 11.1. The Morgan fingerprint density at radius 1 is 1.12 bits per heavy atom. The van der Waals surface area contributed by atoms with Crippen LogP contribution in [-0.4, -0.2) is 40.3 Å². The lowest BCUT2D eigenvalue weighted by Gasteiger charge is -2.31. The van der Waals surface area contributed by atoms with Gasteiger partial charge in [-0.1, -0.05) is 67.1 Å². The Labute approximate surface area is 193 Å². The second-order valence-corrected chi connectivity index (χ2v) is 9.03. The lowest BCUT2D eigenvalue weighted by Crippen LogP contribution is -2.44. The number of amides is 2. The number of nitrogens with zero attached hydrogens (tertiary/aromatic N) is 3. The van der Waals surface area contributed by atoms with E-state index < -0.39 is 6.04 Å². The summed E-state index contributed by atoms with van der Waals surface area (Å²) in [5.74, 6) is 1.15. The summed E-state index contributed by atoms with van der Waals surface area (Å²) in [6, 6.07) is 15.7. The molecule has 2 heterocycles. The fraction of sp³-hybridized carbons (Fsp3) is 0.360. The van der Waals surface area contributed by atoms with Crippen LogP contribution in [0.25, 0.3) is 0 Å². The molecule has 1 N–H and O–H groups in total. The molecule has 0 spiro atoms. The molecule has 6 nitrogen and oxygen atoms in total. The van der Waals surface area contributed by atoms with Crippen molar-refractivity contribution in [2.24, 2.45) is 9.98 Å². The Hall–Kier alpha value is -2.93. The largest absolute Gasteiger partial charge is 0.356 e. The van der Waals surface area contributed by atoms with E-state index in [9.17, 15) is 9.59 Å². The van der Waals surface area contributed by atoms with Crippen molar-refractivity contribution in [1.29, 1.82) is 0 Å². The Bertz CT molecular complexity index is 1060. The maximum absolute atomic E-state index is 12.9. The Morgan fingerprint density at radius 2 is 1.91 bits per heavy atom. The van der Waals surface area contributed by atoms with Crippen LogP contribution in [0.3, 0.4) is 0 Å². The second kappa shape index (κ2) is 10.1. The summed E-state index contributed by atoms with van der Waals surface area (Å²) in [4.78, 5) is 36.3. The third kappa shape index (κ3) is 4.93. The average molecular weight is 449 g/mol. The minimum absolute atomic E-state index is 0.0251. The standard InChI is InChI=1S/C25H28N4O2S/c1-3-4-15-26-22(30)14-13-21-24(31)28-23-19-7-5-6-8-20(19)27-25(29(21)23)32-16-18-11-9-17(2)10-12-18/h5-12,21H,3-4,13-16H2,1-2H3,(H,26,30). The molecule has 1 unspecified atom stereocenters. The van der Waals surface area contributed by atoms with E-state index in [2.05, 4.69) is 48.4 Å². The number of hydrogen-bond donors (Lipinski definition) is 1. The molecule has 0 aromatic heterocycles. The smallest absolute Gasteiger partial charge is 0.270 e. The monoisotopic (exact) mass is 448 g/mol. The minimum atomic E-state index is -0.500. The summed E-state index contributed by atoms with van der Waals surface area (Å²) < 4.78 is 0. The molecular weight excluding hydrogens is 420 g/mol. The number of carbonyl (C=O) groups is 2. The summed E-state index contributed by atoms with van der Waals surface area (Å²) in [5.41, 5.74) is 4.09. The van der Waals surface area contributed by atoms with Crippen molar-refractivity contribution in [1.82, 2.24) is 10.2 Å². The number of aliphatic imine (C=N–C) groups is 2. The van der Waals surface area contributed by atoms with Crippen LogP contribution >= 0.6 is 11.8 Å². The van der Waals surface area contributed by atoms with Gasteiger partial charge in [-0.2, -0.15) is 4.99 Å². The van der Waals surface area contributed by atoms with E-state index in [0.29, 0.717) is 18.8 Å². The Morgan fingerprint density at radius 3 is 2.69 bits per heavy atom. The summed E-state index contributed by atoms with van der Waals surface area (Å²) in [6.07, 6.45) is 2.69. The molecule has 2 aliphatic rings. The summed E-state index contributed by atoms with van der Waals surface area (Å²) >= 11 is 1.60. The third-order valence-electron chi connectivity index (χ3n) is 5.59. The van der Waals surface area contributed by atoms with Gasteiger partial charge in [-0.25, -0.2) is 4.99 Å². The van der Waals surface area contributed by atoms with E-state index in [4.69, 9.17) is 4.99 Å². The van der Waals surface area contributed by atoms with Crippen LogP contribution in [-0.2, 0) is 15.3 Å². The minimum Gasteiger partial charge on any atom is -0.356 e. The van der Waals surface area contributed by atoms with Gasteiger partial charge in [-0.3, -0.25) is 14.5 Å². The number of carbonyl (C=O) groups excluding carboxylic acids is 2. The van der Waals surface area contributed by atoms with Crippen LogP contribution in [0.1, 0.15) is 49.3 Å². The molecule has 2 aromatic carbocycles. The molecule has 0 radical (unpaired) electrons. The zero-order chi connectivity index (χ0) is 22.5. The van der Waals surface area contributed by atoms with Crippen molar-refractivity contribution in [3.05, 3.63) is 65.2 Å². The molecule has 32 heavy (non-hydrogen) atoms. The first-order valence-corrected chi connectivity index (χ1v) is 12.1. The van der Waals surface area contributed by atoms with Gasteiger partial charge in [0.05, 0.1) is 5.69 Å². The molecule has 0 saturated carbocycles. The predicted octanol–water partition coefficient (Wildman–Crippen LogP) is 4.58. The van der Waals surface area contributed by atoms with Gasteiger partial charge in [-0.05, 0) is 37.5 Å². The number of hydrogen-bond acceptors (Lipinski definition) is 5. The summed E-state index contributed by atoms with van der Waals surface area (Å²) in [7, 11) is 0. The number of benzene rings is 2. The van der Waals surface area contributed by atoms with Crippen LogP contribution in [0.2, 0.25) is 0 Å². The highest BCUT2D eigenvalue weighted by Crippen LogP contribution is 2.35. The van der Waals surface area contributed by atoms with Gasteiger partial charge in [0.25, 0.3) is 5.91 Å². The van der Waals surface area contributed by atoms with E-state index in [0.717, 1.165) is 35.0 Å². The number of nitrogens with one attached hydrogen (secondary N) is 1. The first kappa shape index (κ1) is 22.3. The van der Waals surface area contributed by atoms with Crippen LogP contribution in [0.15, 0.2) is 58.5 Å². The normalized spacial score (nSPS) is 16.9. The second-order valence-electron chi connectivity index (χ2n) is 8.09. The number of unbranched alkanes of at least 4 members (excludes halogenated alkanes) is 1. The fourth-order valence-electron chi connectivity index (χ4n) is 3.77. The van der Waals surface area contributed by atoms with Crippen LogP contribution < -0.4 is 5.32 Å². The topological polar surface area (TPSA) is 74.1 Å². The molecule has 166 valence electrons. The molecule has 0 fully saturated rings. The molecule has 0 aliphatic carbocycles. The molecule has 2 aromatic rings. The zero-order valence-corrected chi connectivity index (χ0v) is 19.3. The Balaban J connectivity index is 1.53. The van der Waals surface area contributed by atoms with E-state index in [1.165, 1.54) is 11.1 Å². The number of para-hydroxylation sites is 1. The van der Waals surface area contributed by atoms with Crippen LogP contribution in [0, 0.1) is 6.92 Å². The number of aryl methyl sites for hydroxylation is 1. The van der Waals surface area contributed by atoms with Gasteiger partial charge in [0, 0.05) is 24.3 Å². The number of fused-ring (bicyclic) bond motifs is 3. The fourth-order valence-corrected chi connectivity index (χ4v) is 4.77. The molecule has 4 rings (SSSR count). The van der Waals surface area contributed by atoms with Gasteiger partial charge in [-0.15, -0.1) is 0 Å². The van der Waals surface area contributed by atoms with Gasteiger partial charge in [0.2, 0.25) is 5.91 Å². The van der Waals surface area contributed by atoms with E-state index in [-0.39, 0.29) is 18.2 Å². The molecule has 0 bridgehead atoms. The average Bonchev–Trinajstić information content (AvgIpc) is 3.13. The molecule has 1 atom stereocenters. The van der Waals surface area contributed by atoms with Crippen molar-refractivity contribution in [2.75, 3.05) is 6.54 Å². The lowest BCUT2D eigenvalue weighted by molar-refractivity contribution is -0.122. The van der Waals surface area contributed by atoms with Crippen molar-refractivity contribution < 1.29 is 9.59 Å². The highest BCUT2D eigenvalue weighted by atomic mass is 32.2. The van der Waals surface area contributed by atoms with Crippen molar-refractivity contribution in [3.8, 4) is 0 Å². The molecular formula is C25H28N4O2S. The van der Waals surface area contributed by atoms with E-state index in [1.54, 1.807) is 11.8 Å². The van der Waals surface area contributed by atoms with Crippen LogP contribution in [0.5, 0.6) is 0 Å². The van der Waals surface area contributed by atoms with Gasteiger partial charge < -0.3 is 5.32 Å². The van der Waals surface area contributed by atoms with Crippen LogP contribution in [0.4, 0.5) is 5.69 Å². The van der Waals surface area contributed by atoms with Crippen molar-refractivity contribution in [2.45, 2.75) is 51.3 Å². The third-order valence-corrected chi connectivity index (χ3v) is 6.62. The van der Waals surface area contributed by atoms with Gasteiger partial charge in [0.1, 0.15) is 11.9 Å². The van der Waals surface area contributed by atoms with Gasteiger partial charge >= 0.3 is 0 Å². The molecule has 2 amide bonds. The first-order chi connectivity index (χ1) is 15.6. The van der Waals surface area contributed by atoms with Crippen molar-refractivity contribution in [3.63, 3.8) is 0 Å². The van der Waals surface area contributed by atoms with E-state index in [1.807, 2.05) is 29.2 Å². The molecule has 7 heteroatoms. The van der Waals surface area contributed by atoms with E-state index >= 15 is 0 Å². The maximum atomic E-state index is 12.9. The number of thioether (sulfide) groups is 1. The zero-order valence-electron chi connectivity index (χ0n) is 18.5. The maximum Gasteiger partial charge on any atom is 0.270 e. The van der Waals surface area contributed by atoms with Gasteiger partial charge in [0.15, 0.2) is 5.17 Å². The predicted molar refractivity (Wildman–Crippen MR) is 130 cm³/mol. The molecule has 2 aliphatic heterocycles. The quantitative estimate of drug-likeness (QED) is 0.600. The number of rotatable bonds is 8. The SMILES string of the molecule is CCCCNC(=O)CCC1C(=O)N=C2c3ccccc3N=C(SCc3ccc(C)cc3)N21. The number of amidine groups is 2. The highest BCUT2D eigenvalue weighted by Gasteiger charge is 2.41. The lowest BCUT2D eigenvalue weighted by atomic mass is 10.1. The Kier molecular flexibility index (Phi) is 7.05. The summed E-state index contributed by atoms with van der Waals surface area (Å²) in [6.45, 7) is 4.83. The van der Waals surface area contributed by atoms with Crippen molar-refractivity contribution >= 4 is 40.3 Å². The highest BCUT2D eigenvalue weighted by molar-refractivity contribution is 8.13. The summed E-state index contributed by atoms with van der Waals surface area (Å²) in [5, 5.41) is 3.69. The molecule has 0 saturated heterocycles.